The third-order valence-electron chi connectivity index (χ3n) is 3.90. The molecule has 0 radical (unpaired) electrons. The van der Waals surface area contributed by atoms with Crippen LogP contribution in [0.2, 0.25) is 0 Å². The quantitative estimate of drug-likeness (QED) is 0.881. The second kappa shape index (κ2) is 5.94. The molecule has 1 aliphatic heterocycles. The minimum Gasteiger partial charge on any atom is -0.478 e. The van der Waals surface area contributed by atoms with E-state index in [4.69, 9.17) is 5.11 Å². The summed E-state index contributed by atoms with van der Waals surface area (Å²) in [4.78, 5) is 24.8. The highest BCUT2D eigenvalue weighted by atomic mass is 16.4. The molecule has 1 aromatic rings. The fourth-order valence-corrected chi connectivity index (χ4v) is 2.73. The molecule has 1 saturated heterocycles. The highest BCUT2D eigenvalue weighted by Gasteiger charge is 2.25. The average molecular weight is 276 g/mol. The lowest BCUT2D eigenvalue weighted by molar-refractivity contribution is -0.125. The lowest BCUT2D eigenvalue weighted by atomic mass is 9.95. The molecule has 5 heteroatoms. The molecule has 0 aromatic heterocycles. The normalized spacial score (nSPS) is 16.0. The first kappa shape index (κ1) is 14.4. The van der Waals surface area contributed by atoms with Crippen molar-refractivity contribution in [1.29, 1.82) is 0 Å². The van der Waals surface area contributed by atoms with Crippen molar-refractivity contribution >= 4 is 17.6 Å². The van der Waals surface area contributed by atoms with Gasteiger partial charge in [0.25, 0.3) is 0 Å². The predicted molar refractivity (Wildman–Crippen MR) is 77.1 cm³/mol. The van der Waals surface area contributed by atoms with E-state index < -0.39 is 5.97 Å². The van der Waals surface area contributed by atoms with Crippen molar-refractivity contribution < 1.29 is 14.7 Å². The summed E-state index contributed by atoms with van der Waals surface area (Å²) in [6.45, 7) is 3.57. The smallest absolute Gasteiger partial charge is 0.335 e. The Labute approximate surface area is 118 Å². The fourth-order valence-electron chi connectivity index (χ4n) is 2.73. The van der Waals surface area contributed by atoms with Crippen molar-refractivity contribution in [2.75, 3.05) is 25.0 Å². The zero-order chi connectivity index (χ0) is 14.7. The van der Waals surface area contributed by atoms with Gasteiger partial charge in [0.1, 0.15) is 0 Å². The molecule has 0 spiro atoms. The molecule has 1 fully saturated rings. The van der Waals surface area contributed by atoms with Gasteiger partial charge in [-0.25, -0.2) is 4.79 Å². The second-order valence-corrected chi connectivity index (χ2v) is 5.18. The summed E-state index contributed by atoms with van der Waals surface area (Å²) >= 11 is 0. The van der Waals surface area contributed by atoms with E-state index in [1.165, 1.54) is 0 Å². The molecular formula is C15H20N2O3. The molecular weight excluding hydrogens is 256 g/mol. The molecule has 2 N–H and O–H groups in total. The third kappa shape index (κ3) is 2.92. The monoisotopic (exact) mass is 276 g/mol. The third-order valence-corrected chi connectivity index (χ3v) is 3.90. The number of aryl methyl sites for hydroxylation is 1. The number of carbonyl (C=O) groups is 2. The average Bonchev–Trinajstić information content (AvgIpc) is 2.46. The first-order valence-corrected chi connectivity index (χ1v) is 6.83. The molecule has 20 heavy (non-hydrogen) atoms. The van der Waals surface area contributed by atoms with Crippen LogP contribution in [-0.2, 0) is 4.79 Å². The van der Waals surface area contributed by atoms with Crippen LogP contribution in [0, 0.1) is 12.8 Å². The standard InChI is InChI=1S/C15H20N2O3/c1-10-9-12(15(19)20)3-4-13(10)17-7-5-11(6-8-17)14(18)16-2/h3-4,9,11H,5-8H2,1-2H3,(H,16,18)(H,19,20). The lowest BCUT2D eigenvalue weighted by Crippen LogP contribution is -2.39. The van der Waals surface area contributed by atoms with Crippen LogP contribution in [0.25, 0.3) is 0 Å². The van der Waals surface area contributed by atoms with Crippen LogP contribution in [0.1, 0.15) is 28.8 Å². The second-order valence-electron chi connectivity index (χ2n) is 5.18. The summed E-state index contributed by atoms with van der Waals surface area (Å²) in [6.07, 6.45) is 1.67. The number of nitrogens with zero attached hydrogens (tertiary/aromatic N) is 1. The Hall–Kier alpha value is -2.04. The number of carboxylic acids is 1. The Morgan fingerprint density at radius 3 is 2.45 bits per heavy atom. The van der Waals surface area contributed by atoms with E-state index in [0.29, 0.717) is 5.56 Å². The fraction of sp³-hybridized carbons (Fsp3) is 0.467. The maximum Gasteiger partial charge on any atom is 0.335 e. The van der Waals surface area contributed by atoms with Crippen molar-refractivity contribution in [2.45, 2.75) is 19.8 Å². The van der Waals surface area contributed by atoms with Crippen LogP contribution in [0.4, 0.5) is 5.69 Å². The number of aromatic carboxylic acids is 1. The van der Waals surface area contributed by atoms with Crippen LogP contribution >= 0.6 is 0 Å². The molecule has 0 saturated carbocycles. The van der Waals surface area contributed by atoms with E-state index in [0.717, 1.165) is 37.2 Å². The molecule has 0 bridgehead atoms. The minimum atomic E-state index is -0.905. The Balaban J connectivity index is 2.07. The SMILES string of the molecule is CNC(=O)C1CCN(c2ccc(C(=O)O)cc2C)CC1. The maximum absolute atomic E-state index is 11.6. The van der Waals surface area contributed by atoms with E-state index in [-0.39, 0.29) is 11.8 Å². The van der Waals surface area contributed by atoms with Gasteiger partial charge in [0, 0.05) is 31.7 Å². The van der Waals surface area contributed by atoms with Crippen molar-refractivity contribution in [2.24, 2.45) is 5.92 Å². The molecule has 1 heterocycles. The van der Waals surface area contributed by atoms with Gasteiger partial charge in [0.2, 0.25) is 5.91 Å². The van der Waals surface area contributed by atoms with Crippen molar-refractivity contribution in [3.05, 3.63) is 29.3 Å². The van der Waals surface area contributed by atoms with Gasteiger partial charge in [0.15, 0.2) is 0 Å². The highest BCUT2D eigenvalue weighted by molar-refractivity contribution is 5.88. The summed E-state index contributed by atoms with van der Waals surface area (Å²) in [5.74, 6) is -0.699. The first-order valence-electron chi connectivity index (χ1n) is 6.83. The van der Waals surface area contributed by atoms with Crippen LogP contribution in [0.5, 0.6) is 0 Å². The molecule has 5 nitrogen and oxygen atoms in total. The number of rotatable bonds is 3. The number of amides is 1. The molecule has 0 unspecified atom stereocenters. The molecule has 1 aromatic carbocycles. The molecule has 1 amide bonds. The van der Waals surface area contributed by atoms with Gasteiger partial charge in [-0.3, -0.25) is 4.79 Å². The summed E-state index contributed by atoms with van der Waals surface area (Å²) in [5.41, 5.74) is 2.33. The van der Waals surface area contributed by atoms with Gasteiger partial charge in [0.05, 0.1) is 5.56 Å². The number of hydrogen-bond acceptors (Lipinski definition) is 3. The number of hydrogen-bond donors (Lipinski definition) is 2. The van der Waals surface area contributed by atoms with Gasteiger partial charge in [-0.1, -0.05) is 0 Å². The Kier molecular flexibility index (Phi) is 4.27. The predicted octanol–water partition coefficient (Wildman–Crippen LogP) is 1.66. The summed E-state index contributed by atoms with van der Waals surface area (Å²) in [7, 11) is 1.67. The van der Waals surface area contributed by atoms with Gasteiger partial charge < -0.3 is 15.3 Å². The Bertz CT molecular complexity index is 520. The van der Waals surface area contributed by atoms with E-state index in [1.54, 1.807) is 19.2 Å². The van der Waals surface area contributed by atoms with Crippen LogP contribution in [0.3, 0.4) is 0 Å². The van der Waals surface area contributed by atoms with Gasteiger partial charge in [-0.2, -0.15) is 0 Å². The van der Waals surface area contributed by atoms with Crippen LogP contribution in [0.15, 0.2) is 18.2 Å². The van der Waals surface area contributed by atoms with Crippen LogP contribution in [-0.4, -0.2) is 37.1 Å². The molecule has 0 atom stereocenters. The summed E-state index contributed by atoms with van der Waals surface area (Å²) in [5, 5.41) is 11.7. The number of carboxylic acid groups (broad SMARTS) is 1. The number of benzene rings is 1. The maximum atomic E-state index is 11.6. The van der Waals surface area contributed by atoms with Crippen molar-refractivity contribution in [1.82, 2.24) is 5.32 Å². The van der Waals surface area contributed by atoms with Crippen molar-refractivity contribution in [3.63, 3.8) is 0 Å². The number of piperidine rings is 1. The zero-order valence-electron chi connectivity index (χ0n) is 11.8. The first-order chi connectivity index (χ1) is 9.52. The molecule has 1 aliphatic rings. The molecule has 0 aliphatic carbocycles. The number of nitrogens with one attached hydrogen (secondary N) is 1. The largest absolute Gasteiger partial charge is 0.478 e. The van der Waals surface area contributed by atoms with E-state index >= 15 is 0 Å². The lowest BCUT2D eigenvalue weighted by Gasteiger charge is -2.33. The van der Waals surface area contributed by atoms with Gasteiger partial charge >= 0.3 is 5.97 Å². The van der Waals surface area contributed by atoms with Crippen molar-refractivity contribution in [3.8, 4) is 0 Å². The topological polar surface area (TPSA) is 69.6 Å². The van der Waals surface area contributed by atoms with Crippen LogP contribution < -0.4 is 10.2 Å². The summed E-state index contributed by atoms with van der Waals surface area (Å²) in [6, 6.07) is 5.19. The summed E-state index contributed by atoms with van der Waals surface area (Å²) < 4.78 is 0. The molecule has 108 valence electrons. The van der Waals surface area contributed by atoms with Gasteiger partial charge in [-0.05, 0) is 43.5 Å². The highest BCUT2D eigenvalue weighted by Crippen LogP contribution is 2.27. The van der Waals surface area contributed by atoms with E-state index in [1.807, 2.05) is 13.0 Å². The van der Waals surface area contributed by atoms with E-state index in [9.17, 15) is 9.59 Å². The zero-order valence-corrected chi connectivity index (χ0v) is 11.8. The van der Waals surface area contributed by atoms with Gasteiger partial charge in [-0.15, -0.1) is 0 Å². The van der Waals surface area contributed by atoms with E-state index in [2.05, 4.69) is 10.2 Å². The Morgan fingerprint density at radius 1 is 1.30 bits per heavy atom. The Morgan fingerprint density at radius 2 is 1.95 bits per heavy atom. The molecule has 2 rings (SSSR count). The number of anilines is 1. The minimum absolute atomic E-state index is 0.0925. The number of carbonyl (C=O) groups excluding carboxylic acids is 1.